The Bertz CT molecular complexity index is 236. The summed E-state index contributed by atoms with van der Waals surface area (Å²) in [4.78, 5) is 0. The van der Waals surface area contributed by atoms with Gasteiger partial charge in [0.05, 0.1) is 0 Å². The van der Waals surface area contributed by atoms with Crippen molar-refractivity contribution in [3.63, 3.8) is 0 Å². The highest BCUT2D eigenvalue weighted by molar-refractivity contribution is 6.74. The molecule has 0 unspecified atom stereocenters. The van der Waals surface area contributed by atoms with E-state index in [4.69, 9.17) is 0 Å². The molecule has 0 fully saturated rings. The van der Waals surface area contributed by atoms with Crippen molar-refractivity contribution in [3.8, 4) is 0 Å². The summed E-state index contributed by atoms with van der Waals surface area (Å²) in [6, 6.07) is 0. The van der Waals surface area contributed by atoms with E-state index in [2.05, 4.69) is 50.1 Å². The summed E-state index contributed by atoms with van der Waals surface area (Å²) in [5, 5.41) is 0. The maximum atomic E-state index is 2.40. The quantitative estimate of drug-likeness (QED) is 0.567. The monoisotopic (exact) mass is 167 g/mol. The first-order valence-corrected chi connectivity index (χ1v) is 7.51. The lowest BCUT2D eigenvalue weighted by Crippen LogP contribution is -2.30. The molecule has 1 heterocycles. The van der Waals surface area contributed by atoms with E-state index < -0.39 is 8.24 Å². The highest BCUT2D eigenvalue weighted by atomic mass is 28.3. The second-order valence-corrected chi connectivity index (χ2v) is 9.06. The normalized spacial score (nSPS) is 12.1. The average Bonchev–Trinajstić information content (AvgIpc) is 2.11. The van der Waals surface area contributed by atoms with Crippen molar-refractivity contribution in [3.05, 3.63) is 23.5 Å². The lowest BCUT2D eigenvalue weighted by molar-refractivity contribution is 1.14. The van der Waals surface area contributed by atoms with Crippen LogP contribution >= 0.6 is 0 Å². The highest BCUT2D eigenvalue weighted by Gasteiger charge is 2.15. The van der Waals surface area contributed by atoms with Crippen LogP contribution in [0.4, 0.5) is 0 Å². The Morgan fingerprint density at radius 2 is 1.36 bits per heavy atom. The third kappa shape index (κ3) is 1.74. The van der Waals surface area contributed by atoms with E-state index in [0.29, 0.717) is 0 Å². The van der Waals surface area contributed by atoms with Crippen molar-refractivity contribution in [2.24, 2.45) is 0 Å². The Hall–Kier alpha value is -0.503. The van der Waals surface area contributed by atoms with E-state index >= 15 is 0 Å². The third-order valence-corrected chi connectivity index (χ3v) is 3.87. The van der Waals surface area contributed by atoms with Crippen LogP contribution in [0.2, 0.25) is 19.6 Å². The summed E-state index contributed by atoms with van der Waals surface area (Å²) in [5.41, 5.74) is 2.82. The molecule has 0 aliphatic carbocycles. The molecule has 0 radical (unpaired) electrons. The molecule has 1 aromatic heterocycles. The molecule has 0 N–H and O–H groups in total. The number of nitrogens with zero attached hydrogens (tertiary/aromatic N) is 1. The van der Waals surface area contributed by atoms with Crippen LogP contribution in [0, 0.1) is 13.8 Å². The highest BCUT2D eigenvalue weighted by Crippen LogP contribution is 2.13. The van der Waals surface area contributed by atoms with E-state index in [1.807, 2.05) is 0 Å². The maximum Gasteiger partial charge on any atom is 0.152 e. The van der Waals surface area contributed by atoms with Crippen molar-refractivity contribution in [2.75, 3.05) is 0 Å². The molecule has 0 saturated heterocycles. The molecule has 1 rings (SSSR count). The third-order valence-electron chi connectivity index (χ3n) is 2.06. The van der Waals surface area contributed by atoms with Gasteiger partial charge in [-0.15, -0.1) is 0 Å². The van der Waals surface area contributed by atoms with Gasteiger partial charge >= 0.3 is 0 Å². The van der Waals surface area contributed by atoms with Crippen LogP contribution in [0.15, 0.2) is 12.4 Å². The lowest BCUT2D eigenvalue weighted by Gasteiger charge is -2.17. The molecule has 0 aliphatic rings. The van der Waals surface area contributed by atoms with Crippen LogP contribution in [0.1, 0.15) is 11.1 Å². The minimum atomic E-state index is -1.13. The molecule has 0 aromatic carbocycles. The van der Waals surface area contributed by atoms with Gasteiger partial charge in [0.15, 0.2) is 8.24 Å². The van der Waals surface area contributed by atoms with Crippen molar-refractivity contribution >= 4 is 8.24 Å². The van der Waals surface area contributed by atoms with Crippen LogP contribution < -0.4 is 0 Å². The molecular weight excluding hydrogens is 150 g/mol. The van der Waals surface area contributed by atoms with Gasteiger partial charge < -0.3 is 4.23 Å². The van der Waals surface area contributed by atoms with Crippen molar-refractivity contribution in [2.45, 2.75) is 33.5 Å². The summed E-state index contributed by atoms with van der Waals surface area (Å²) < 4.78 is 2.40. The SMILES string of the molecule is Cc1cn([Si](C)(C)C)cc1C. The molecule has 0 amide bonds. The summed E-state index contributed by atoms with van der Waals surface area (Å²) in [6.07, 6.45) is 4.53. The van der Waals surface area contributed by atoms with E-state index in [0.717, 1.165) is 0 Å². The zero-order chi connectivity index (χ0) is 8.65. The van der Waals surface area contributed by atoms with Gasteiger partial charge in [0.2, 0.25) is 0 Å². The molecule has 1 aromatic rings. The van der Waals surface area contributed by atoms with Gasteiger partial charge in [0, 0.05) is 0 Å². The van der Waals surface area contributed by atoms with Crippen molar-refractivity contribution in [1.82, 2.24) is 4.23 Å². The molecule has 11 heavy (non-hydrogen) atoms. The van der Waals surface area contributed by atoms with Crippen LogP contribution in [0.25, 0.3) is 0 Å². The van der Waals surface area contributed by atoms with Crippen molar-refractivity contribution < 1.29 is 0 Å². The zero-order valence-electron chi connectivity index (χ0n) is 8.10. The Balaban J connectivity index is 3.08. The smallest absolute Gasteiger partial charge is 0.152 e. The molecule has 0 bridgehead atoms. The fraction of sp³-hybridized carbons (Fsp3) is 0.556. The largest absolute Gasteiger partial charge is 0.381 e. The van der Waals surface area contributed by atoms with Crippen LogP contribution in [-0.2, 0) is 0 Å². The number of aromatic nitrogens is 1. The predicted molar refractivity (Wildman–Crippen MR) is 52.7 cm³/mol. The standard InChI is InChI=1S/C9H17NSi/c1-8-6-10(7-9(8)2)11(3,4)5/h6-7H,1-5H3. The van der Waals surface area contributed by atoms with Gasteiger partial charge in [-0.2, -0.15) is 0 Å². The minimum Gasteiger partial charge on any atom is -0.381 e. The molecule has 1 nitrogen and oxygen atoms in total. The van der Waals surface area contributed by atoms with Gasteiger partial charge in [0.1, 0.15) is 0 Å². The molecule has 0 aliphatic heterocycles. The fourth-order valence-electron chi connectivity index (χ4n) is 1.05. The molecular formula is C9H17NSi. The second-order valence-electron chi connectivity index (χ2n) is 4.20. The topological polar surface area (TPSA) is 4.93 Å². The van der Waals surface area contributed by atoms with Crippen LogP contribution in [0.3, 0.4) is 0 Å². The van der Waals surface area contributed by atoms with Gasteiger partial charge in [-0.25, -0.2) is 0 Å². The van der Waals surface area contributed by atoms with Gasteiger partial charge in [-0.05, 0) is 37.4 Å². The van der Waals surface area contributed by atoms with E-state index in [1.54, 1.807) is 0 Å². The minimum absolute atomic E-state index is 1.13. The fourth-order valence-corrected chi connectivity index (χ4v) is 2.21. The Kier molecular flexibility index (Phi) is 1.97. The maximum absolute atomic E-state index is 2.40. The Morgan fingerprint density at radius 1 is 1.00 bits per heavy atom. The zero-order valence-corrected chi connectivity index (χ0v) is 9.10. The summed E-state index contributed by atoms with van der Waals surface area (Å²) in [5.74, 6) is 0. The number of aryl methyl sites for hydroxylation is 2. The summed E-state index contributed by atoms with van der Waals surface area (Å²) >= 11 is 0. The number of rotatable bonds is 1. The van der Waals surface area contributed by atoms with Crippen LogP contribution in [-0.4, -0.2) is 12.5 Å². The molecule has 2 heteroatoms. The summed E-state index contributed by atoms with van der Waals surface area (Å²) in [7, 11) is -1.13. The van der Waals surface area contributed by atoms with Crippen LogP contribution in [0.5, 0.6) is 0 Å². The van der Waals surface area contributed by atoms with Gasteiger partial charge in [-0.1, -0.05) is 19.6 Å². The van der Waals surface area contributed by atoms with E-state index in [9.17, 15) is 0 Å². The Labute approximate surface area is 70.1 Å². The summed E-state index contributed by atoms with van der Waals surface area (Å²) in [6.45, 7) is 11.4. The molecule has 0 spiro atoms. The first-order valence-electron chi connectivity index (χ1n) is 4.07. The average molecular weight is 167 g/mol. The molecule has 0 saturated carbocycles. The number of hydrogen-bond acceptors (Lipinski definition) is 0. The first kappa shape index (κ1) is 8.59. The van der Waals surface area contributed by atoms with Gasteiger partial charge in [-0.3, -0.25) is 0 Å². The molecule has 0 atom stereocenters. The molecule has 62 valence electrons. The Morgan fingerprint density at radius 3 is 1.55 bits per heavy atom. The van der Waals surface area contributed by atoms with Gasteiger partial charge in [0.25, 0.3) is 0 Å². The predicted octanol–water partition coefficient (Wildman–Crippen LogP) is 2.79. The van der Waals surface area contributed by atoms with E-state index in [-0.39, 0.29) is 0 Å². The number of hydrogen-bond donors (Lipinski definition) is 0. The van der Waals surface area contributed by atoms with E-state index in [1.165, 1.54) is 11.1 Å². The first-order chi connectivity index (χ1) is 4.91. The van der Waals surface area contributed by atoms with Crippen molar-refractivity contribution in [1.29, 1.82) is 0 Å². The second kappa shape index (κ2) is 2.52. The lowest BCUT2D eigenvalue weighted by atomic mass is 10.2.